The zero-order valence-electron chi connectivity index (χ0n) is 9.11. The molecule has 1 heterocycles. The maximum atomic E-state index is 13.8. The average Bonchev–Trinajstić information content (AvgIpc) is 2.64. The molecule has 0 amide bonds. The van der Waals surface area contributed by atoms with Gasteiger partial charge in [-0.25, -0.2) is 4.39 Å². The summed E-state index contributed by atoms with van der Waals surface area (Å²) in [5.74, 6) is 0.531. The van der Waals surface area contributed by atoms with Crippen LogP contribution in [0.2, 0.25) is 0 Å². The lowest BCUT2D eigenvalue weighted by Crippen LogP contribution is -2.00. The van der Waals surface area contributed by atoms with Crippen LogP contribution >= 0.6 is 0 Å². The van der Waals surface area contributed by atoms with E-state index in [2.05, 4.69) is 10.2 Å². The number of hydrogen-bond acceptors (Lipinski definition) is 3. The van der Waals surface area contributed by atoms with E-state index < -0.39 is 0 Å². The fraction of sp³-hybridized carbons (Fsp3) is 0.273. The van der Waals surface area contributed by atoms with Crippen LogP contribution in [0.1, 0.15) is 11.4 Å². The highest BCUT2D eigenvalue weighted by atomic mass is 19.1. The Balaban J connectivity index is 2.59. The van der Waals surface area contributed by atoms with Crippen molar-refractivity contribution in [3.63, 3.8) is 0 Å². The molecule has 0 atom stereocenters. The zero-order chi connectivity index (χ0) is 11.7. The fourth-order valence-electron chi connectivity index (χ4n) is 1.55. The number of benzene rings is 1. The molecule has 2 rings (SSSR count). The molecule has 1 aromatic carbocycles. The second kappa shape index (κ2) is 4.02. The molecule has 0 fully saturated rings. The third-order valence-electron chi connectivity index (χ3n) is 2.54. The molecular formula is C11H12FN3O. The normalized spacial score (nSPS) is 10.8. The molecule has 0 aliphatic heterocycles. The van der Waals surface area contributed by atoms with Crippen molar-refractivity contribution >= 4 is 0 Å². The predicted octanol–water partition coefficient (Wildman–Crippen LogP) is 1.42. The molecule has 0 aliphatic rings. The molecule has 5 heteroatoms. The van der Waals surface area contributed by atoms with Gasteiger partial charge in [0.05, 0.1) is 5.56 Å². The Hall–Kier alpha value is -1.75. The second-order valence-corrected chi connectivity index (χ2v) is 3.59. The molecule has 0 radical (unpaired) electrons. The molecule has 0 unspecified atom stereocenters. The molecular weight excluding hydrogens is 209 g/mol. The van der Waals surface area contributed by atoms with Crippen molar-refractivity contribution in [1.29, 1.82) is 0 Å². The van der Waals surface area contributed by atoms with Gasteiger partial charge in [-0.05, 0) is 18.6 Å². The summed E-state index contributed by atoms with van der Waals surface area (Å²) in [6.45, 7) is 1.49. The van der Waals surface area contributed by atoms with E-state index in [0.29, 0.717) is 22.8 Å². The number of halogens is 1. The van der Waals surface area contributed by atoms with E-state index in [0.717, 1.165) is 0 Å². The first-order valence-electron chi connectivity index (χ1n) is 4.89. The monoisotopic (exact) mass is 221 g/mol. The molecule has 0 saturated heterocycles. The van der Waals surface area contributed by atoms with Crippen LogP contribution in [0.4, 0.5) is 4.39 Å². The van der Waals surface area contributed by atoms with E-state index in [4.69, 9.17) is 5.11 Å². The molecule has 84 valence electrons. The molecule has 2 aromatic rings. The zero-order valence-corrected chi connectivity index (χ0v) is 9.11. The smallest absolute Gasteiger partial charge is 0.166 e. The van der Waals surface area contributed by atoms with Gasteiger partial charge in [-0.2, -0.15) is 0 Å². The van der Waals surface area contributed by atoms with E-state index in [9.17, 15) is 4.39 Å². The molecule has 4 nitrogen and oxygen atoms in total. The Bertz CT molecular complexity index is 522. The number of aryl methyl sites for hydroxylation is 1. The van der Waals surface area contributed by atoms with Crippen LogP contribution in [0.5, 0.6) is 0 Å². The second-order valence-electron chi connectivity index (χ2n) is 3.59. The Morgan fingerprint density at radius 2 is 2.12 bits per heavy atom. The minimum absolute atomic E-state index is 0.211. The van der Waals surface area contributed by atoms with Gasteiger partial charge in [0.25, 0.3) is 0 Å². The first-order valence-corrected chi connectivity index (χ1v) is 4.89. The van der Waals surface area contributed by atoms with E-state index in [1.165, 1.54) is 0 Å². The summed E-state index contributed by atoms with van der Waals surface area (Å²) in [4.78, 5) is 0. The summed E-state index contributed by atoms with van der Waals surface area (Å²) >= 11 is 0. The van der Waals surface area contributed by atoms with Crippen LogP contribution in [-0.4, -0.2) is 19.9 Å². The number of aromatic nitrogens is 3. The minimum Gasteiger partial charge on any atom is -0.388 e. The summed E-state index contributed by atoms with van der Waals surface area (Å²) in [6, 6.07) is 5.11. The highest BCUT2D eigenvalue weighted by Crippen LogP contribution is 2.22. The van der Waals surface area contributed by atoms with Crippen LogP contribution in [0.15, 0.2) is 18.2 Å². The van der Waals surface area contributed by atoms with Crippen molar-refractivity contribution in [1.82, 2.24) is 14.8 Å². The van der Waals surface area contributed by atoms with Crippen molar-refractivity contribution in [2.75, 3.05) is 0 Å². The molecule has 0 saturated carbocycles. The number of hydrogen-bond donors (Lipinski definition) is 1. The lowest BCUT2D eigenvalue weighted by Gasteiger charge is -2.05. The van der Waals surface area contributed by atoms with Crippen LogP contribution < -0.4 is 0 Å². The highest BCUT2D eigenvalue weighted by molar-refractivity contribution is 5.57. The van der Waals surface area contributed by atoms with Gasteiger partial charge in [0.1, 0.15) is 12.4 Å². The van der Waals surface area contributed by atoms with E-state index >= 15 is 0 Å². The minimum atomic E-state index is -0.303. The Kier molecular flexibility index (Phi) is 2.70. The summed E-state index contributed by atoms with van der Waals surface area (Å²) < 4.78 is 15.4. The molecule has 0 aliphatic carbocycles. The van der Waals surface area contributed by atoms with Gasteiger partial charge >= 0.3 is 0 Å². The Labute approximate surface area is 92.4 Å². The predicted molar refractivity (Wildman–Crippen MR) is 57.1 cm³/mol. The van der Waals surface area contributed by atoms with Crippen LogP contribution in [0.3, 0.4) is 0 Å². The summed E-state index contributed by atoms with van der Waals surface area (Å²) in [7, 11) is 1.70. The highest BCUT2D eigenvalue weighted by Gasteiger charge is 2.14. The summed E-state index contributed by atoms with van der Waals surface area (Å²) in [6.07, 6.45) is 0. The topological polar surface area (TPSA) is 50.9 Å². The maximum Gasteiger partial charge on any atom is 0.166 e. The van der Waals surface area contributed by atoms with Crippen LogP contribution in [-0.2, 0) is 13.7 Å². The molecule has 1 N–H and O–H groups in total. The van der Waals surface area contributed by atoms with E-state index in [-0.39, 0.29) is 12.4 Å². The van der Waals surface area contributed by atoms with Gasteiger partial charge in [0, 0.05) is 7.05 Å². The maximum absolute atomic E-state index is 13.8. The summed E-state index contributed by atoms with van der Waals surface area (Å²) in [5.41, 5.74) is 0.959. The van der Waals surface area contributed by atoms with Gasteiger partial charge in [-0.15, -0.1) is 10.2 Å². The number of rotatable bonds is 2. The van der Waals surface area contributed by atoms with Crippen molar-refractivity contribution in [3.05, 3.63) is 35.4 Å². The van der Waals surface area contributed by atoms with Gasteiger partial charge in [0.2, 0.25) is 0 Å². The van der Waals surface area contributed by atoms with E-state index in [1.54, 1.807) is 36.7 Å². The fourth-order valence-corrected chi connectivity index (χ4v) is 1.55. The number of aliphatic hydroxyl groups is 1. The first kappa shape index (κ1) is 10.8. The SMILES string of the molecule is Cc1cccc(-c2nnc(CO)n2C)c1F. The third kappa shape index (κ3) is 1.59. The van der Waals surface area contributed by atoms with Gasteiger partial charge in [-0.1, -0.05) is 12.1 Å². The van der Waals surface area contributed by atoms with Crippen molar-refractivity contribution in [3.8, 4) is 11.4 Å². The number of aliphatic hydroxyl groups excluding tert-OH is 1. The van der Waals surface area contributed by atoms with Crippen molar-refractivity contribution in [2.45, 2.75) is 13.5 Å². The van der Waals surface area contributed by atoms with Crippen LogP contribution in [0, 0.1) is 12.7 Å². The van der Waals surface area contributed by atoms with Gasteiger partial charge < -0.3 is 9.67 Å². The molecule has 1 aromatic heterocycles. The number of nitrogens with zero attached hydrogens (tertiary/aromatic N) is 3. The third-order valence-corrected chi connectivity index (χ3v) is 2.54. The quantitative estimate of drug-likeness (QED) is 0.834. The first-order chi connectivity index (χ1) is 7.65. The van der Waals surface area contributed by atoms with Gasteiger partial charge in [-0.3, -0.25) is 0 Å². The summed E-state index contributed by atoms with van der Waals surface area (Å²) in [5, 5.41) is 16.6. The average molecular weight is 221 g/mol. The van der Waals surface area contributed by atoms with E-state index in [1.807, 2.05) is 0 Å². The van der Waals surface area contributed by atoms with Crippen molar-refractivity contribution < 1.29 is 9.50 Å². The Morgan fingerprint density at radius 3 is 2.75 bits per heavy atom. The standard InChI is InChI=1S/C11H12FN3O/c1-7-4-3-5-8(10(7)12)11-14-13-9(6-16)15(11)2/h3-5,16H,6H2,1-2H3. The molecule has 0 bridgehead atoms. The molecule has 0 spiro atoms. The van der Waals surface area contributed by atoms with Crippen LogP contribution in [0.25, 0.3) is 11.4 Å². The van der Waals surface area contributed by atoms with Gasteiger partial charge in [0.15, 0.2) is 11.6 Å². The lowest BCUT2D eigenvalue weighted by molar-refractivity contribution is 0.267. The van der Waals surface area contributed by atoms with Crippen molar-refractivity contribution in [2.24, 2.45) is 7.05 Å². The Morgan fingerprint density at radius 1 is 1.38 bits per heavy atom. The molecule has 16 heavy (non-hydrogen) atoms. The largest absolute Gasteiger partial charge is 0.388 e. The lowest BCUT2D eigenvalue weighted by atomic mass is 10.1.